The molecule has 1 aromatic carbocycles. The van der Waals surface area contributed by atoms with Crippen LogP contribution in [0.25, 0.3) is 5.69 Å². The summed E-state index contributed by atoms with van der Waals surface area (Å²) in [5, 5.41) is 6.42. The molecule has 2 aromatic rings. The van der Waals surface area contributed by atoms with Crippen molar-refractivity contribution in [1.29, 1.82) is 0 Å². The van der Waals surface area contributed by atoms with Crippen LogP contribution in [0, 0.1) is 5.82 Å². The summed E-state index contributed by atoms with van der Waals surface area (Å²) in [6, 6.07) is 6.11. The van der Waals surface area contributed by atoms with Gasteiger partial charge in [0.1, 0.15) is 11.8 Å². The maximum absolute atomic E-state index is 14.2. The smallest absolute Gasteiger partial charge is 0.414 e. The van der Waals surface area contributed by atoms with Gasteiger partial charge in [0.2, 0.25) is 6.41 Å². The van der Waals surface area contributed by atoms with Gasteiger partial charge in [-0.05, 0) is 24.3 Å². The van der Waals surface area contributed by atoms with Crippen molar-refractivity contribution >= 4 is 18.2 Å². The minimum atomic E-state index is -0.566. The summed E-state index contributed by atoms with van der Waals surface area (Å²) >= 11 is 0. The number of hydrogen-bond acceptors (Lipinski definition) is 4. The average Bonchev–Trinajstić information content (AvgIpc) is 3.14. The molecule has 114 valence electrons. The zero-order valence-electron chi connectivity index (χ0n) is 11.5. The van der Waals surface area contributed by atoms with Crippen LogP contribution < -0.4 is 10.2 Å². The van der Waals surface area contributed by atoms with Crippen LogP contribution in [0.15, 0.2) is 36.7 Å². The van der Waals surface area contributed by atoms with Crippen molar-refractivity contribution in [2.75, 3.05) is 18.0 Å². The summed E-state index contributed by atoms with van der Waals surface area (Å²) in [4.78, 5) is 23.4. The molecule has 7 nitrogen and oxygen atoms in total. The minimum Gasteiger partial charge on any atom is -0.442 e. The third-order valence-electron chi connectivity index (χ3n) is 3.30. The van der Waals surface area contributed by atoms with E-state index in [0.717, 1.165) is 0 Å². The molecule has 22 heavy (non-hydrogen) atoms. The number of carbonyl (C=O) groups is 2. The molecule has 1 atom stereocenters. The molecule has 0 unspecified atom stereocenters. The van der Waals surface area contributed by atoms with Crippen LogP contribution in [0.5, 0.6) is 0 Å². The third kappa shape index (κ3) is 2.62. The predicted octanol–water partition coefficient (Wildman–Crippen LogP) is 1.08. The molecule has 2 heterocycles. The first-order chi connectivity index (χ1) is 10.7. The van der Waals surface area contributed by atoms with Gasteiger partial charge in [0.25, 0.3) is 0 Å². The van der Waals surface area contributed by atoms with Crippen LogP contribution in [-0.2, 0) is 9.53 Å². The van der Waals surface area contributed by atoms with Crippen molar-refractivity contribution < 1.29 is 18.7 Å². The van der Waals surface area contributed by atoms with Gasteiger partial charge in [-0.1, -0.05) is 0 Å². The van der Waals surface area contributed by atoms with Gasteiger partial charge in [-0.25, -0.2) is 13.9 Å². The first-order valence-electron chi connectivity index (χ1n) is 6.64. The molecule has 1 N–H and O–H groups in total. The maximum Gasteiger partial charge on any atom is 0.414 e. The molecule has 8 heteroatoms. The van der Waals surface area contributed by atoms with Crippen molar-refractivity contribution in [2.45, 2.75) is 6.10 Å². The Morgan fingerprint density at radius 3 is 3.05 bits per heavy atom. The molecular weight excluding hydrogens is 291 g/mol. The highest BCUT2D eigenvalue weighted by atomic mass is 19.1. The highest BCUT2D eigenvalue weighted by molar-refractivity contribution is 5.89. The molecule has 1 aromatic heterocycles. The number of carbonyl (C=O) groups excluding carboxylic acids is 2. The first-order valence-corrected chi connectivity index (χ1v) is 6.64. The van der Waals surface area contributed by atoms with Crippen molar-refractivity contribution in [3.05, 3.63) is 42.5 Å². The van der Waals surface area contributed by atoms with Gasteiger partial charge in [-0.15, -0.1) is 0 Å². The number of benzene rings is 1. The van der Waals surface area contributed by atoms with E-state index in [-0.39, 0.29) is 13.1 Å². The Balaban J connectivity index is 1.79. The summed E-state index contributed by atoms with van der Waals surface area (Å²) in [6.45, 7) is 0.472. The van der Waals surface area contributed by atoms with Crippen LogP contribution in [0.2, 0.25) is 0 Å². The molecule has 0 radical (unpaired) electrons. The lowest BCUT2D eigenvalue weighted by Gasteiger charge is -2.14. The molecule has 1 saturated heterocycles. The van der Waals surface area contributed by atoms with Crippen molar-refractivity contribution in [2.24, 2.45) is 0 Å². The lowest BCUT2D eigenvalue weighted by atomic mass is 10.2. The topological polar surface area (TPSA) is 76.5 Å². The van der Waals surface area contributed by atoms with E-state index in [1.165, 1.54) is 15.6 Å². The molecule has 0 bridgehead atoms. The van der Waals surface area contributed by atoms with E-state index >= 15 is 0 Å². The molecule has 0 spiro atoms. The SMILES string of the molecule is O=CNC[C@H]1CN(c2ccc(-n3cccn3)c(F)c2)C(=O)O1. The van der Waals surface area contributed by atoms with Gasteiger partial charge in [0.05, 0.1) is 18.8 Å². The van der Waals surface area contributed by atoms with E-state index in [2.05, 4.69) is 10.4 Å². The largest absolute Gasteiger partial charge is 0.442 e. The van der Waals surface area contributed by atoms with E-state index in [1.54, 1.807) is 30.6 Å². The fraction of sp³-hybridized carbons (Fsp3) is 0.214. The first kappa shape index (κ1) is 14.1. The zero-order valence-corrected chi connectivity index (χ0v) is 11.5. The summed E-state index contributed by atoms with van der Waals surface area (Å²) in [7, 11) is 0. The van der Waals surface area contributed by atoms with Gasteiger partial charge in [0.15, 0.2) is 5.82 Å². The second-order valence-corrected chi connectivity index (χ2v) is 4.73. The van der Waals surface area contributed by atoms with Crippen LogP contribution in [-0.4, -0.2) is 41.5 Å². The fourth-order valence-electron chi connectivity index (χ4n) is 2.28. The van der Waals surface area contributed by atoms with E-state index in [9.17, 15) is 14.0 Å². The van der Waals surface area contributed by atoms with Gasteiger partial charge in [0, 0.05) is 12.4 Å². The molecular formula is C14H13FN4O3. The third-order valence-corrected chi connectivity index (χ3v) is 3.30. The quantitative estimate of drug-likeness (QED) is 0.839. The number of nitrogens with zero attached hydrogens (tertiary/aromatic N) is 3. The Morgan fingerprint density at radius 2 is 2.36 bits per heavy atom. The second-order valence-electron chi connectivity index (χ2n) is 4.73. The summed E-state index contributed by atoms with van der Waals surface area (Å²) < 4.78 is 20.7. The average molecular weight is 304 g/mol. The van der Waals surface area contributed by atoms with E-state index < -0.39 is 18.0 Å². The lowest BCUT2D eigenvalue weighted by Crippen LogP contribution is -2.30. The number of rotatable bonds is 5. The number of anilines is 1. The Morgan fingerprint density at radius 1 is 1.50 bits per heavy atom. The minimum absolute atomic E-state index is 0.222. The van der Waals surface area contributed by atoms with Crippen LogP contribution in [0.4, 0.5) is 14.9 Å². The maximum atomic E-state index is 14.2. The summed E-state index contributed by atoms with van der Waals surface area (Å²) in [6.07, 6.45) is 2.70. The molecule has 1 aliphatic rings. The Kier molecular flexibility index (Phi) is 3.73. The van der Waals surface area contributed by atoms with Crippen molar-refractivity contribution in [3.8, 4) is 5.69 Å². The lowest BCUT2D eigenvalue weighted by molar-refractivity contribution is -0.109. The number of amides is 2. The summed E-state index contributed by atoms with van der Waals surface area (Å²) in [5.74, 6) is -0.497. The molecule has 0 saturated carbocycles. The Labute approximate surface area is 125 Å². The monoisotopic (exact) mass is 304 g/mol. The van der Waals surface area contributed by atoms with Gasteiger partial charge >= 0.3 is 6.09 Å². The highest BCUT2D eigenvalue weighted by Gasteiger charge is 2.32. The van der Waals surface area contributed by atoms with Gasteiger partial charge in [-0.2, -0.15) is 5.10 Å². The molecule has 1 fully saturated rings. The molecule has 1 aliphatic heterocycles. The molecule has 0 aliphatic carbocycles. The van der Waals surface area contributed by atoms with Crippen LogP contribution in [0.3, 0.4) is 0 Å². The normalized spacial score (nSPS) is 17.4. The number of cyclic esters (lactones) is 1. The zero-order chi connectivity index (χ0) is 15.5. The number of hydrogen-bond donors (Lipinski definition) is 1. The summed E-state index contributed by atoms with van der Waals surface area (Å²) in [5.41, 5.74) is 0.687. The number of halogens is 1. The number of ether oxygens (including phenoxy) is 1. The van der Waals surface area contributed by atoms with Crippen LogP contribution in [0.1, 0.15) is 0 Å². The Hall–Kier alpha value is -2.90. The van der Waals surface area contributed by atoms with Crippen molar-refractivity contribution in [1.82, 2.24) is 15.1 Å². The molecule has 3 rings (SSSR count). The number of nitrogens with one attached hydrogen (secondary N) is 1. The standard InChI is InChI=1S/C14H13FN4O3/c15-12-6-10(2-3-13(12)19-5-1-4-17-19)18-8-11(7-16-9-20)22-14(18)21/h1-6,9,11H,7-8H2,(H,16,20)/t11-/m0/s1. The van der Waals surface area contributed by atoms with Crippen molar-refractivity contribution in [3.63, 3.8) is 0 Å². The van der Waals surface area contributed by atoms with E-state index in [4.69, 9.17) is 4.74 Å². The number of aromatic nitrogens is 2. The van der Waals surface area contributed by atoms with E-state index in [0.29, 0.717) is 17.8 Å². The highest BCUT2D eigenvalue weighted by Crippen LogP contribution is 2.25. The molecule has 2 amide bonds. The van der Waals surface area contributed by atoms with Gasteiger partial charge in [-0.3, -0.25) is 9.69 Å². The predicted molar refractivity (Wildman–Crippen MR) is 75.2 cm³/mol. The Bertz CT molecular complexity index is 689. The van der Waals surface area contributed by atoms with E-state index in [1.807, 2.05) is 0 Å². The van der Waals surface area contributed by atoms with Crippen LogP contribution >= 0.6 is 0 Å². The van der Waals surface area contributed by atoms with Gasteiger partial charge < -0.3 is 10.1 Å². The fourth-order valence-corrected chi connectivity index (χ4v) is 2.28. The second kappa shape index (κ2) is 5.84.